The summed E-state index contributed by atoms with van der Waals surface area (Å²) in [5, 5.41) is 14.1. The molecule has 0 bridgehead atoms. The van der Waals surface area contributed by atoms with Gasteiger partial charge in [0.1, 0.15) is 5.82 Å². The third-order valence-electron chi connectivity index (χ3n) is 2.50. The lowest BCUT2D eigenvalue weighted by Gasteiger charge is -2.05. The van der Waals surface area contributed by atoms with Crippen LogP contribution in [0.4, 0.5) is 5.82 Å². The average Bonchev–Trinajstić information content (AvgIpc) is 2.83. The summed E-state index contributed by atoms with van der Waals surface area (Å²) in [7, 11) is -4.20. The number of halogens is 1. The molecular formula is C10H9ClN4O4S. The molecule has 0 saturated carbocycles. The summed E-state index contributed by atoms with van der Waals surface area (Å²) < 4.78 is 23.2. The van der Waals surface area contributed by atoms with Crippen molar-refractivity contribution >= 4 is 33.8 Å². The number of carboxylic acids is 1. The Balaban J connectivity index is 2.62. The molecule has 0 aromatic carbocycles. The summed E-state index contributed by atoms with van der Waals surface area (Å²) in [6, 6.07) is 4.40. The predicted octanol–water partition coefficient (Wildman–Crippen LogP) is 0.866. The van der Waals surface area contributed by atoms with Gasteiger partial charge in [0, 0.05) is 35.3 Å². The molecule has 2 aromatic rings. The molecule has 0 unspecified atom stereocenters. The Hall–Kier alpha value is -2.10. The summed E-state index contributed by atoms with van der Waals surface area (Å²) >= 11 is 5.36. The first-order valence-corrected chi connectivity index (χ1v) is 7.03. The van der Waals surface area contributed by atoms with Gasteiger partial charge in [0.2, 0.25) is 0 Å². The molecule has 0 aliphatic carbocycles. The number of aromatic nitrogens is 2. The van der Waals surface area contributed by atoms with Gasteiger partial charge < -0.3 is 5.11 Å². The van der Waals surface area contributed by atoms with Crippen LogP contribution >= 0.6 is 11.8 Å². The van der Waals surface area contributed by atoms with E-state index in [-0.39, 0.29) is 5.56 Å². The Labute approximate surface area is 119 Å². The van der Waals surface area contributed by atoms with Crippen LogP contribution in [0.15, 0.2) is 30.6 Å². The van der Waals surface area contributed by atoms with E-state index in [1.165, 1.54) is 18.3 Å². The van der Waals surface area contributed by atoms with Gasteiger partial charge in [0.05, 0.1) is 0 Å². The molecule has 0 aliphatic rings. The average molecular weight is 317 g/mol. The minimum Gasteiger partial charge on any atom is -0.477 e. The maximum absolute atomic E-state index is 11.3. The Kier molecular flexibility index (Phi) is 3.66. The standard InChI is InChI=1S/C10H9ClN4O4S/c11-14-8-2-1-6(5-13-8)7-3-4-15(20(12,18)19)9(7)10(16)17/h1-5H,(H,13,14)(H,16,17)(H2,12,18,19). The van der Waals surface area contributed by atoms with Crippen molar-refractivity contribution < 1.29 is 18.3 Å². The number of hydrogen-bond acceptors (Lipinski definition) is 5. The fourth-order valence-corrected chi connectivity index (χ4v) is 2.45. The molecule has 2 rings (SSSR count). The van der Waals surface area contributed by atoms with Gasteiger partial charge in [-0.05, 0) is 18.2 Å². The van der Waals surface area contributed by atoms with Crippen molar-refractivity contribution in [3.8, 4) is 11.1 Å². The van der Waals surface area contributed by atoms with E-state index in [0.717, 1.165) is 6.20 Å². The van der Waals surface area contributed by atoms with Crippen molar-refractivity contribution in [3.05, 3.63) is 36.3 Å². The molecule has 0 saturated heterocycles. The van der Waals surface area contributed by atoms with E-state index in [2.05, 4.69) is 9.82 Å². The van der Waals surface area contributed by atoms with Crippen molar-refractivity contribution in [2.45, 2.75) is 0 Å². The van der Waals surface area contributed by atoms with E-state index < -0.39 is 21.9 Å². The first-order chi connectivity index (χ1) is 9.34. The normalized spacial score (nSPS) is 11.3. The minimum absolute atomic E-state index is 0.181. The van der Waals surface area contributed by atoms with Crippen LogP contribution in [0.25, 0.3) is 11.1 Å². The second-order valence-electron chi connectivity index (χ2n) is 3.75. The zero-order valence-corrected chi connectivity index (χ0v) is 11.4. The van der Waals surface area contributed by atoms with Crippen LogP contribution in [0, 0.1) is 0 Å². The molecule has 2 heterocycles. The fraction of sp³-hybridized carbons (Fsp3) is 0. The molecule has 0 radical (unpaired) electrons. The van der Waals surface area contributed by atoms with Gasteiger partial charge in [-0.1, -0.05) is 0 Å². The number of hydrogen-bond donors (Lipinski definition) is 3. The number of carboxylic acid groups (broad SMARTS) is 1. The van der Waals surface area contributed by atoms with Gasteiger partial charge >= 0.3 is 16.2 Å². The molecule has 0 spiro atoms. The molecule has 0 fully saturated rings. The van der Waals surface area contributed by atoms with Crippen molar-refractivity contribution in [3.63, 3.8) is 0 Å². The molecular weight excluding hydrogens is 308 g/mol. The third-order valence-corrected chi connectivity index (χ3v) is 3.55. The van der Waals surface area contributed by atoms with Crippen LogP contribution in [0.5, 0.6) is 0 Å². The highest BCUT2D eigenvalue weighted by Gasteiger charge is 2.22. The maximum atomic E-state index is 11.3. The molecule has 10 heteroatoms. The van der Waals surface area contributed by atoms with E-state index in [0.29, 0.717) is 15.4 Å². The number of rotatable bonds is 4. The van der Waals surface area contributed by atoms with E-state index in [1.54, 1.807) is 6.07 Å². The highest BCUT2D eigenvalue weighted by Crippen LogP contribution is 2.26. The number of nitrogens with one attached hydrogen (secondary N) is 1. The highest BCUT2D eigenvalue weighted by molar-refractivity contribution is 7.87. The largest absolute Gasteiger partial charge is 0.477 e. The Morgan fingerprint density at radius 1 is 1.40 bits per heavy atom. The molecule has 0 amide bonds. The van der Waals surface area contributed by atoms with Crippen LogP contribution in [-0.4, -0.2) is 28.5 Å². The lowest BCUT2D eigenvalue weighted by Crippen LogP contribution is -2.24. The van der Waals surface area contributed by atoms with Gasteiger partial charge in [-0.15, -0.1) is 0 Å². The molecule has 0 aliphatic heterocycles. The van der Waals surface area contributed by atoms with Crippen LogP contribution in [0.3, 0.4) is 0 Å². The number of nitrogens with two attached hydrogens (primary N) is 1. The summed E-state index contributed by atoms with van der Waals surface area (Å²) in [5.74, 6) is -1.04. The Morgan fingerprint density at radius 3 is 2.55 bits per heavy atom. The first-order valence-electron chi connectivity index (χ1n) is 5.15. The van der Waals surface area contributed by atoms with Gasteiger partial charge in [-0.3, -0.25) is 4.84 Å². The van der Waals surface area contributed by atoms with Crippen LogP contribution < -0.4 is 9.97 Å². The molecule has 8 nitrogen and oxygen atoms in total. The zero-order valence-electron chi connectivity index (χ0n) is 9.82. The predicted molar refractivity (Wildman–Crippen MR) is 72.6 cm³/mol. The minimum atomic E-state index is -4.20. The number of carbonyl (C=O) groups is 1. The monoisotopic (exact) mass is 316 g/mol. The lowest BCUT2D eigenvalue weighted by molar-refractivity contribution is 0.0690. The van der Waals surface area contributed by atoms with Crippen molar-refractivity contribution in [1.82, 2.24) is 8.96 Å². The summed E-state index contributed by atoms with van der Waals surface area (Å²) in [5.41, 5.74) is 0.140. The Morgan fingerprint density at radius 2 is 2.10 bits per heavy atom. The van der Waals surface area contributed by atoms with Crippen molar-refractivity contribution in [2.75, 3.05) is 4.84 Å². The highest BCUT2D eigenvalue weighted by atomic mass is 35.5. The second-order valence-corrected chi connectivity index (χ2v) is 5.36. The molecule has 20 heavy (non-hydrogen) atoms. The lowest BCUT2D eigenvalue weighted by atomic mass is 10.1. The number of pyridine rings is 1. The van der Waals surface area contributed by atoms with E-state index in [1.807, 2.05) is 0 Å². The van der Waals surface area contributed by atoms with Crippen LogP contribution in [0.1, 0.15) is 10.5 Å². The summed E-state index contributed by atoms with van der Waals surface area (Å²) in [4.78, 5) is 17.5. The molecule has 4 N–H and O–H groups in total. The van der Waals surface area contributed by atoms with Crippen LogP contribution in [0.2, 0.25) is 0 Å². The molecule has 2 aromatic heterocycles. The van der Waals surface area contributed by atoms with Crippen molar-refractivity contribution in [2.24, 2.45) is 5.14 Å². The van der Waals surface area contributed by atoms with E-state index in [4.69, 9.17) is 22.0 Å². The third kappa shape index (κ3) is 2.59. The maximum Gasteiger partial charge on any atom is 0.354 e. The zero-order chi connectivity index (χ0) is 14.9. The summed E-state index contributed by atoms with van der Waals surface area (Å²) in [6.45, 7) is 0. The van der Waals surface area contributed by atoms with E-state index >= 15 is 0 Å². The second kappa shape index (κ2) is 5.12. The van der Waals surface area contributed by atoms with Crippen molar-refractivity contribution in [1.29, 1.82) is 0 Å². The summed E-state index contributed by atoms with van der Waals surface area (Å²) in [6.07, 6.45) is 2.43. The smallest absolute Gasteiger partial charge is 0.354 e. The van der Waals surface area contributed by atoms with Crippen LogP contribution in [-0.2, 0) is 10.2 Å². The molecule has 106 valence electrons. The number of nitrogens with zero attached hydrogens (tertiary/aromatic N) is 2. The van der Waals surface area contributed by atoms with Gasteiger partial charge in [0.25, 0.3) is 0 Å². The topological polar surface area (TPSA) is 127 Å². The first kappa shape index (κ1) is 14.3. The number of anilines is 1. The van der Waals surface area contributed by atoms with Gasteiger partial charge in [0.15, 0.2) is 5.69 Å². The van der Waals surface area contributed by atoms with E-state index in [9.17, 15) is 13.2 Å². The SMILES string of the molecule is NS(=O)(=O)n1ccc(-c2ccc(NCl)nc2)c1C(=O)O. The Bertz CT molecular complexity index is 754. The molecule has 0 atom stereocenters. The number of aromatic carboxylic acids is 1. The quantitative estimate of drug-likeness (QED) is 0.718. The fourth-order valence-electron chi connectivity index (χ4n) is 1.68. The van der Waals surface area contributed by atoms with Gasteiger partial charge in [-0.2, -0.15) is 8.42 Å². The van der Waals surface area contributed by atoms with Gasteiger partial charge in [-0.25, -0.2) is 18.9 Å².